The number of piperidine rings is 1. The van der Waals surface area contributed by atoms with Gasteiger partial charge < -0.3 is 4.74 Å². The van der Waals surface area contributed by atoms with Gasteiger partial charge in [0.1, 0.15) is 0 Å². The second kappa shape index (κ2) is 8.14. The highest BCUT2D eigenvalue weighted by Gasteiger charge is 2.18. The lowest BCUT2D eigenvalue weighted by molar-refractivity contribution is 0.00307. The van der Waals surface area contributed by atoms with E-state index in [1.54, 1.807) is 0 Å². The van der Waals surface area contributed by atoms with Crippen molar-refractivity contribution in [1.82, 2.24) is 4.90 Å². The average Bonchev–Trinajstić information content (AvgIpc) is 2.27. The van der Waals surface area contributed by atoms with E-state index in [1.165, 1.54) is 19.4 Å². The molecule has 88 valence electrons. The monoisotopic (exact) mass is 231 g/mol. The van der Waals surface area contributed by atoms with Gasteiger partial charge in [-0.25, -0.2) is 0 Å². The van der Waals surface area contributed by atoms with E-state index in [0.29, 0.717) is 12.0 Å². The Morgan fingerprint density at radius 2 is 2.33 bits per heavy atom. The Bertz CT molecular complexity index is 184. The van der Waals surface area contributed by atoms with E-state index in [1.807, 2.05) is 6.08 Å². The van der Waals surface area contributed by atoms with E-state index in [9.17, 15) is 0 Å². The van der Waals surface area contributed by atoms with Gasteiger partial charge in [0, 0.05) is 25.6 Å². The molecule has 1 unspecified atom stereocenters. The van der Waals surface area contributed by atoms with Crippen molar-refractivity contribution in [1.29, 1.82) is 0 Å². The highest BCUT2D eigenvalue weighted by Crippen LogP contribution is 2.13. The maximum atomic E-state index is 5.78. The molecule has 1 aliphatic heterocycles. The normalized spacial score (nSPS) is 23.7. The zero-order valence-electron chi connectivity index (χ0n) is 9.62. The molecule has 0 aromatic heterocycles. The topological polar surface area (TPSA) is 12.5 Å². The molecule has 1 aliphatic rings. The largest absolute Gasteiger partial charge is 0.377 e. The first kappa shape index (κ1) is 13.0. The number of halogens is 1. The number of ether oxygens (including phenoxy) is 1. The van der Waals surface area contributed by atoms with Gasteiger partial charge in [-0.15, -0.1) is 11.6 Å². The molecule has 1 atom stereocenters. The summed E-state index contributed by atoms with van der Waals surface area (Å²) in [5.41, 5.74) is 0. The van der Waals surface area contributed by atoms with E-state index in [4.69, 9.17) is 16.3 Å². The predicted molar refractivity (Wildman–Crippen MR) is 65.6 cm³/mol. The van der Waals surface area contributed by atoms with Crippen molar-refractivity contribution in [3.63, 3.8) is 0 Å². The third-order valence-corrected chi connectivity index (χ3v) is 2.82. The van der Waals surface area contributed by atoms with Gasteiger partial charge >= 0.3 is 0 Å². The van der Waals surface area contributed by atoms with Crippen LogP contribution >= 0.6 is 11.6 Å². The maximum Gasteiger partial charge on any atom is 0.0702 e. The first-order valence-corrected chi connectivity index (χ1v) is 6.45. The Labute approximate surface area is 98.2 Å². The first-order valence-electron chi connectivity index (χ1n) is 5.91. The number of likely N-dealkylation sites (tertiary alicyclic amines) is 1. The van der Waals surface area contributed by atoms with Crippen LogP contribution in [0.3, 0.4) is 0 Å². The molecule has 2 nitrogen and oxygen atoms in total. The van der Waals surface area contributed by atoms with E-state index >= 15 is 0 Å². The number of alkyl halides is 1. The summed E-state index contributed by atoms with van der Waals surface area (Å²) >= 11 is 5.59. The third kappa shape index (κ3) is 5.55. The summed E-state index contributed by atoms with van der Waals surface area (Å²) in [6.07, 6.45) is 8.19. The fourth-order valence-electron chi connectivity index (χ4n) is 1.89. The quantitative estimate of drug-likeness (QED) is 0.515. The van der Waals surface area contributed by atoms with Gasteiger partial charge in [-0.2, -0.15) is 0 Å². The van der Waals surface area contributed by atoms with E-state index in [-0.39, 0.29) is 0 Å². The van der Waals surface area contributed by atoms with Crippen molar-refractivity contribution in [2.24, 2.45) is 0 Å². The van der Waals surface area contributed by atoms with Gasteiger partial charge in [0.15, 0.2) is 0 Å². The number of rotatable bonds is 6. The van der Waals surface area contributed by atoms with Gasteiger partial charge in [0.05, 0.1) is 6.10 Å². The Morgan fingerprint density at radius 3 is 3.07 bits per heavy atom. The molecule has 1 heterocycles. The molecule has 0 aliphatic carbocycles. The molecule has 1 saturated heterocycles. The third-order valence-electron chi connectivity index (χ3n) is 2.64. The second-order valence-electron chi connectivity index (χ2n) is 4.02. The summed E-state index contributed by atoms with van der Waals surface area (Å²) in [5.74, 6) is 0.615. The van der Waals surface area contributed by atoms with Crippen LogP contribution in [0.2, 0.25) is 0 Å². The maximum absolute atomic E-state index is 5.78. The van der Waals surface area contributed by atoms with Crippen molar-refractivity contribution in [2.45, 2.75) is 32.3 Å². The zero-order valence-corrected chi connectivity index (χ0v) is 10.4. The van der Waals surface area contributed by atoms with Crippen molar-refractivity contribution < 1.29 is 4.74 Å². The zero-order chi connectivity index (χ0) is 10.9. The first-order chi connectivity index (χ1) is 7.36. The van der Waals surface area contributed by atoms with E-state index in [2.05, 4.69) is 17.9 Å². The highest BCUT2D eigenvalue weighted by atomic mass is 35.5. The number of hydrogen-bond acceptors (Lipinski definition) is 2. The number of nitrogens with zero attached hydrogens (tertiary/aromatic N) is 1. The number of hydrogen-bond donors (Lipinski definition) is 0. The van der Waals surface area contributed by atoms with Crippen LogP contribution in [0.15, 0.2) is 12.2 Å². The minimum atomic E-state index is 0.447. The molecule has 0 spiro atoms. The van der Waals surface area contributed by atoms with Crippen molar-refractivity contribution in [3.05, 3.63) is 12.2 Å². The summed E-state index contributed by atoms with van der Waals surface area (Å²) in [7, 11) is 0. The van der Waals surface area contributed by atoms with Gasteiger partial charge in [0.2, 0.25) is 0 Å². The van der Waals surface area contributed by atoms with Gasteiger partial charge in [-0.05, 0) is 25.8 Å². The van der Waals surface area contributed by atoms with Gasteiger partial charge in [-0.1, -0.05) is 19.1 Å². The molecule has 0 N–H and O–H groups in total. The Hall–Kier alpha value is -0.0500. The summed E-state index contributed by atoms with van der Waals surface area (Å²) in [4.78, 5) is 2.44. The molecule has 0 bridgehead atoms. The highest BCUT2D eigenvalue weighted by molar-refractivity contribution is 6.18. The fourth-order valence-corrected chi connectivity index (χ4v) is 2.01. The second-order valence-corrected chi connectivity index (χ2v) is 4.33. The molecular formula is C12H22ClNO. The van der Waals surface area contributed by atoms with Crippen LogP contribution in [0.25, 0.3) is 0 Å². The molecule has 0 radical (unpaired) electrons. The summed E-state index contributed by atoms with van der Waals surface area (Å²) < 4.78 is 5.78. The Morgan fingerprint density at radius 1 is 1.47 bits per heavy atom. The minimum absolute atomic E-state index is 0.447. The molecule has 3 heteroatoms. The van der Waals surface area contributed by atoms with Crippen LogP contribution in [0.4, 0.5) is 0 Å². The van der Waals surface area contributed by atoms with Gasteiger partial charge in [0.25, 0.3) is 0 Å². The van der Waals surface area contributed by atoms with Crippen LogP contribution in [0.1, 0.15) is 26.2 Å². The Kier molecular flexibility index (Phi) is 7.07. The molecule has 15 heavy (non-hydrogen) atoms. The van der Waals surface area contributed by atoms with Gasteiger partial charge in [-0.3, -0.25) is 4.90 Å². The minimum Gasteiger partial charge on any atom is -0.377 e. The SMILES string of the molecule is CCCOC1CCCN(CC=CCCl)C1. The number of allylic oxidation sites excluding steroid dienone is 1. The van der Waals surface area contributed by atoms with Crippen LogP contribution in [0, 0.1) is 0 Å². The summed E-state index contributed by atoms with van der Waals surface area (Å²) in [6.45, 7) is 6.34. The lowest BCUT2D eigenvalue weighted by Crippen LogP contribution is -2.39. The average molecular weight is 232 g/mol. The summed E-state index contributed by atoms with van der Waals surface area (Å²) in [6, 6.07) is 0. The smallest absolute Gasteiger partial charge is 0.0702 e. The fraction of sp³-hybridized carbons (Fsp3) is 0.833. The predicted octanol–water partition coefficient (Wildman–Crippen LogP) is 2.67. The molecule has 0 aromatic carbocycles. The molecule has 1 rings (SSSR count). The molecule has 0 saturated carbocycles. The van der Waals surface area contributed by atoms with Crippen molar-refractivity contribution in [2.75, 3.05) is 32.1 Å². The van der Waals surface area contributed by atoms with Crippen LogP contribution < -0.4 is 0 Å². The molecule has 0 amide bonds. The molecular weight excluding hydrogens is 210 g/mol. The van der Waals surface area contributed by atoms with Crippen LogP contribution in [-0.4, -0.2) is 43.1 Å². The Balaban J connectivity index is 2.19. The van der Waals surface area contributed by atoms with E-state index in [0.717, 1.165) is 26.1 Å². The van der Waals surface area contributed by atoms with Crippen LogP contribution in [0.5, 0.6) is 0 Å². The van der Waals surface area contributed by atoms with Crippen molar-refractivity contribution >= 4 is 11.6 Å². The summed E-state index contributed by atoms with van der Waals surface area (Å²) in [5, 5.41) is 0. The lowest BCUT2D eigenvalue weighted by atomic mass is 10.1. The molecule has 1 fully saturated rings. The lowest BCUT2D eigenvalue weighted by Gasteiger charge is -2.31. The van der Waals surface area contributed by atoms with E-state index < -0.39 is 0 Å². The molecule has 0 aromatic rings. The van der Waals surface area contributed by atoms with Crippen LogP contribution in [-0.2, 0) is 4.74 Å². The van der Waals surface area contributed by atoms with Crippen molar-refractivity contribution in [3.8, 4) is 0 Å². The standard InChI is InChI=1S/C12H22ClNO/c1-2-10-15-12-6-5-9-14(11-12)8-4-3-7-13/h3-4,12H,2,5-11H2,1H3.